The first-order valence-electron chi connectivity index (χ1n) is 10.3. The van der Waals surface area contributed by atoms with Crippen LogP contribution in [0.1, 0.15) is 30.4 Å². The first-order valence-corrected chi connectivity index (χ1v) is 12.5. The minimum absolute atomic E-state index is 0.146. The summed E-state index contributed by atoms with van der Waals surface area (Å²) in [6, 6.07) is 10.5. The quantitative estimate of drug-likeness (QED) is 0.611. The first kappa shape index (κ1) is 21.7. The van der Waals surface area contributed by atoms with Crippen molar-refractivity contribution in [1.82, 2.24) is 8.87 Å². The van der Waals surface area contributed by atoms with E-state index in [-0.39, 0.29) is 28.6 Å². The summed E-state index contributed by atoms with van der Waals surface area (Å²) >= 11 is 1.00. The lowest BCUT2D eigenvalue weighted by atomic mass is 10.1. The number of nitrogens with zero attached hydrogens (tertiary/aromatic N) is 2. The zero-order valence-electron chi connectivity index (χ0n) is 17.6. The van der Waals surface area contributed by atoms with Gasteiger partial charge in [-0.2, -0.15) is 4.31 Å². The van der Waals surface area contributed by atoms with Gasteiger partial charge in [0.1, 0.15) is 0 Å². The van der Waals surface area contributed by atoms with Gasteiger partial charge in [-0.3, -0.25) is 14.2 Å². The van der Waals surface area contributed by atoms with E-state index >= 15 is 0 Å². The maximum absolute atomic E-state index is 12.8. The van der Waals surface area contributed by atoms with Crippen molar-refractivity contribution in [2.75, 3.05) is 18.4 Å². The third kappa shape index (κ3) is 4.30. The molecule has 0 atom stereocenters. The van der Waals surface area contributed by atoms with Gasteiger partial charge in [0, 0.05) is 31.7 Å². The summed E-state index contributed by atoms with van der Waals surface area (Å²) in [6.07, 6.45) is 1.89. The van der Waals surface area contributed by atoms with Crippen LogP contribution in [0.2, 0.25) is 0 Å². The lowest BCUT2D eigenvalue weighted by Gasteiger charge is -2.15. The van der Waals surface area contributed by atoms with Gasteiger partial charge < -0.3 is 5.32 Å². The van der Waals surface area contributed by atoms with Crippen LogP contribution in [0.5, 0.6) is 0 Å². The van der Waals surface area contributed by atoms with E-state index in [0.29, 0.717) is 23.3 Å². The molecule has 31 heavy (non-hydrogen) atoms. The molecule has 7 nitrogen and oxygen atoms in total. The highest BCUT2D eigenvalue weighted by Gasteiger charge is 2.27. The lowest BCUT2D eigenvalue weighted by molar-refractivity contribution is -0.116. The maximum Gasteiger partial charge on any atom is 0.308 e. The zero-order chi connectivity index (χ0) is 22.2. The Morgan fingerprint density at radius 1 is 1.13 bits per heavy atom. The number of thiazole rings is 1. The van der Waals surface area contributed by atoms with Crippen molar-refractivity contribution in [1.29, 1.82) is 0 Å². The standard InChI is InChI=1S/C22H25N3O4S2/c1-15-6-5-7-18(16(15)2)23-21(26)10-13-25-19-9-8-17(14-20(19)30-22(25)27)31(28,29)24-11-3-4-12-24/h5-9,14H,3-4,10-13H2,1-2H3,(H,23,26). The van der Waals surface area contributed by atoms with Crippen molar-refractivity contribution in [3.05, 3.63) is 57.2 Å². The molecular formula is C22H25N3O4S2. The van der Waals surface area contributed by atoms with Crippen LogP contribution in [0.25, 0.3) is 10.2 Å². The van der Waals surface area contributed by atoms with Gasteiger partial charge >= 0.3 is 4.87 Å². The highest BCUT2D eigenvalue weighted by Crippen LogP contribution is 2.26. The number of nitrogens with one attached hydrogen (secondary N) is 1. The summed E-state index contributed by atoms with van der Waals surface area (Å²) < 4.78 is 29.2. The van der Waals surface area contributed by atoms with Crippen LogP contribution in [-0.2, 0) is 21.4 Å². The van der Waals surface area contributed by atoms with Crippen LogP contribution in [0.15, 0.2) is 46.1 Å². The molecule has 1 amide bonds. The van der Waals surface area contributed by atoms with Gasteiger partial charge in [-0.25, -0.2) is 8.42 Å². The Morgan fingerprint density at radius 2 is 1.87 bits per heavy atom. The van der Waals surface area contributed by atoms with Gasteiger partial charge in [0.25, 0.3) is 0 Å². The molecule has 0 bridgehead atoms. The molecule has 2 heterocycles. The van der Waals surface area contributed by atoms with Gasteiger partial charge in [-0.15, -0.1) is 0 Å². The lowest BCUT2D eigenvalue weighted by Crippen LogP contribution is -2.27. The Bertz CT molecular complexity index is 1300. The predicted octanol–water partition coefficient (Wildman–Crippen LogP) is 3.49. The van der Waals surface area contributed by atoms with Gasteiger partial charge in [0.2, 0.25) is 15.9 Å². The molecule has 164 valence electrons. The van der Waals surface area contributed by atoms with Crippen molar-refractivity contribution >= 4 is 43.2 Å². The summed E-state index contributed by atoms with van der Waals surface area (Å²) in [6.45, 7) is 5.24. The Morgan fingerprint density at radius 3 is 2.61 bits per heavy atom. The molecule has 0 aliphatic carbocycles. The van der Waals surface area contributed by atoms with Crippen molar-refractivity contribution in [3.63, 3.8) is 0 Å². The average molecular weight is 460 g/mol. The summed E-state index contributed by atoms with van der Waals surface area (Å²) in [5.74, 6) is -0.173. The minimum atomic E-state index is -3.54. The number of hydrogen-bond donors (Lipinski definition) is 1. The average Bonchev–Trinajstić information content (AvgIpc) is 3.37. The molecule has 0 saturated carbocycles. The Hall–Kier alpha value is -2.49. The van der Waals surface area contributed by atoms with E-state index in [4.69, 9.17) is 0 Å². The van der Waals surface area contributed by atoms with Crippen LogP contribution in [0, 0.1) is 13.8 Å². The molecular weight excluding hydrogens is 434 g/mol. The highest BCUT2D eigenvalue weighted by atomic mass is 32.2. The molecule has 1 aliphatic rings. The zero-order valence-corrected chi connectivity index (χ0v) is 19.2. The van der Waals surface area contributed by atoms with E-state index in [1.165, 1.54) is 8.87 Å². The predicted molar refractivity (Wildman–Crippen MR) is 123 cm³/mol. The fourth-order valence-corrected chi connectivity index (χ4v) is 6.38. The maximum atomic E-state index is 12.8. The Kier molecular flexibility index (Phi) is 6.00. The van der Waals surface area contributed by atoms with E-state index in [2.05, 4.69) is 5.32 Å². The van der Waals surface area contributed by atoms with Crippen LogP contribution in [-0.4, -0.2) is 36.3 Å². The molecule has 4 rings (SSSR count). The summed E-state index contributed by atoms with van der Waals surface area (Å²) in [5.41, 5.74) is 3.53. The van der Waals surface area contributed by atoms with Crippen molar-refractivity contribution in [2.45, 2.75) is 44.6 Å². The van der Waals surface area contributed by atoms with Gasteiger partial charge in [-0.05, 0) is 62.1 Å². The second-order valence-electron chi connectivity index (χ2n) is 7.81. The third-order valence-electron chi connectivity index (χ3n) is 5.78. The molecule has 9 heteroatoms. The monoisotopic (exact) mass is 459 g/mol. The Balaban J connectivity index is 1.52. The van der Waals surface area contributed by atoms with Crippen molar-refractivity contribution in [3.8, 4) is 0 Å². The molecule has 0 spiro atoms. The van der Waals surface area contributed by atoms with E-state index in [0.717, 1.165) is 41.0 Å². The number of hydrogen-bond acceptors (Lipinski definition) is 5. The van der Waals surface area contributed by atoms with Crippen molar-refractivity contribution < 1.29 is 13.2 Å². The molecule has 2 aromatic carbocycles. The van der Waals surface area contributed by atoms with Crippen molar-refractivity contribution in [2.24, 2.45) is 0 Å². The normalized spacial score (nSPS) is 14.9. The van der Waals surface area contributed by atoms with Crippen LogP contribution in [0.3, 0.4) is 0 Å². The van der Waals surface area contributed by atoms with Gasteiger partial charge in [-0.1, -0.05) is 23.5 Å². The third-order valence-corrected chi connectivity index (χ3v) is 8.62. The SMILES string of the molecule is Cc1cccc(NC(=O)CCn2c(=O)sc3cc(S(=O)(=O)N4CCCC4)ccc32)c1C. The van der Waals surface area contributed by atoms with E-state index in [9.17, 15) is 18.0 Å². The van der Waals surface area contributed by atoms with E-state index in [1.54, 1.807) is 18.2 Å². The number of benzene rings is 2. The van der Waals surface area contributed by atoms with Crippen LogP contribution >= 0.6 is 11.3 Å². The van der Waals surface area contributed by atoms with Crippen LogP contribution < -0.4 is 10.2 Å². The largest absolute Gasteiger partial charge is 0.326 e. The van der Waals surface area contributed by atoms with Gasteiger partial charge in [0.05, 0.1) is 15.1 Å². The second kappa shape index (κ2) is 8.57. The molecule has 0 radical (unpaired) electrons. The number of amides is 1. The summed E-state index contributed by atoms with van der Waals surface area (Å²) in [4.78, 5) is 25.0. The number of sulfonamides is 1. The molecule has 1 fully saturated rings. The number of carbonyl (C=O) groups is 1. The fraction of sp³-hybridized carbons (Fsp3) is 0.364. The highest BCUT2D eigenvalue weighted by molar-refractivity contribution is 7.89. The van der Waals surface area contributed by atoms with E-state index < -0.39 is 10.0 Å². The molecule has 1 N–H and O–H groups in total. The first-order chi connectivity index (χ1) is 14.8. The molecule has 1 saturated heterocycles. The molecule has 1 aromatic heterocycles. The number of rotatable bonds is 6. The number of aryl methyl sites for hydroxylation is 2. The number of fused-ring (bicyclic) bond motifs is 1. The molecule has 0 unspecified atom stereocenters. The number of aromatic nitrogens is 1. The fourth-order valence-electron chi connectivity index (χ4n) is 3.81. The Labute approximate surface area is 185 Å². The summed E-state index contributed by atoms with van der Waals surface area (Å²) in [5, 5.41) is 2.91. The van der Waals surface area contributed by atoms with E-state index in [1.807, 2.05) is 32.0 Å². The smallest absolute Gasteiger partial charge is 0.308 e. The van der Waals surface area contributed by atoms with Gasteiger partial charge in [0.15, 0.2) is 0 Å². The summed E-state index contributed by atoms with van der Waals surface area (Å²) in [7, 11) is -3.54. The molecule has 1 aliphatic heterocycles. The topological polar surface area (TPSA) is 88.5 Å². The number of carbonyl (C=O) groups excluding carboxylic acids is 1. The second-order valence-corrected chi connectivity index (χ2v) is 10.7. The van der Waals surface area contributed by atoms with Crippen LogP contribution in [0.4, 0.5) is 5.69 Å². The number of anilines is 1. The minimum Gasteiger partial charge on any atom is -0.326 e. The molecule has 3 aromatic rings.